The summed E-state index contributed by atoms with van der Waals surface area (Å²) in [6.45, 7) is 4.38. The third kappa shape index (κ3) is 6.61. The first kappa shape index (κ1) is 44.0. The van der Waals surface area contributed by atoms with Crippen LogP contribution in [0.3, 0.4) is 0 Å². The van der Waals surface area contributed by atoms with Crippen LogP contribution in [0.5, 0.6) is 0 Å². The molecule has 0 aliphatic carbocycles. The number of fused-ring (bicyclic) bond motifs is 12. The van der Waals surface area contributed by atoms with Gasteiger partial charge in [-0.05, 0) is 134 Å². The van der Waals surface area contributed by atoms with Gasteiger partial charge in [-0.3, -0.25) is 0 Å². The van der Waals surface area contributed by atoms with Gasteiger partial charge in [-0.25, -0.2) is 15.0 Å². The second kappa shape index (κ2) is 17.1. The van der Waals surface area contributed by atoms with Gasteiger partial charge >= 0.3 is 0 Å². The smallest absolute Gasteiger partial charge is 0.164 e. The molecule has 0 N–H and O–H groups in total. The van der Waals surface area contributed by atoms with E-state index < -0.39 is 0 Å². The normalized spacial score (nSPS) is 12.0. The fourth-order valence-electron chi connectivity index (χ4n) is 12.6. The highest BCUT2D eigenvalue weighted by Gasteiger charge is 2.21. The van der Waals surface area contributed by atoms with Gasteiger partial charge in [-0.1, -0.05) is 140 Å². The summed E-state index contributed by atoms with van der Waals surface area (Å²) in [7, 11) is 0. The lowest BCUT2D eigenvalue weighted by molar-refractivity contribution is 1.07. The minimum atomic E-state index is 0.620. The van der Waals surface area contributed by atoms with Gasteiger partial charge in [0.15, 0.2) is 17.5 Å². The maximum absolute atomic E-state index is 5.28. The Bertz CT molecular complexity index is 4720. The van der Waals surface area contributed by atoms with E-state index in [9.17, 15) is 0 Å². The Morgan fingerprint density at radius 1 is 0.231 bits per heavy atom. The predicted octanol–water partition coefficient (Wildman–Crippen LogP) is 17.9. The zero-order valence-corrected chi connectivity index (χ0v) is 42.8. The lowest BCUT2D eigenvalue weighted by Crippen LogP contribution is -2.03. The number of nitrogens with zero attached hydrogens (tertiary/aromatic N) is 7. The minimum absolute atomic E-state index is 0.620. The lowest BCUT2D eigenvalue weighted by Gasteiger charge is -2.15. The number of hydrogen-bond acceptors (Lipinski definition) is 3. The van der Waals surface area contributed by atoms with E-state index in [1.54, 1.807) is 0 Å². The van der Waals surface area contributed by atoms with Crippen LogP contribution >= 0.6 is 0 Å². The number of para-hydroxylation sites is 6. The summed E-state index contributed by atoms with van der Waals surface area (Å²) in [6.07, 6.45) is 0. The van der Waals surface area contributed by atoms with Crippen molar-refractivity contribution in [2.75, 3.05) is 0 Å². The summed E-state index contributed by atoms with van der Waals surface area (Å²) >= 11 is 0. The van der Waals surface area contributed by atoms with E-state index >= 15 is 0 Å². The third-order valence-electron chi connectivity index (χ3n) is 16.0. The van der Waals surface area contributed by atoms with E-state index in [4.69, 9.17) is 15.0 Å². The molecule has 366 valence electrons. The second-order valence-corrected chi connectivity index (χ2v) is 20.5. The summed E-state index contributed by atoms with van der Waals surface area (Å²) in [5, 5.41) is 9.82. The highest BCUT2D eigenvalue weighted by Crippen LogP contribution is 2.41. The van der Waals surface area contributed by atoms with E-state index in [0.717, 1.165) is 72.6 Å². The first-order valence-electron chi connectivity index (χ1n) is 26.6. The van der Waals surface area contributed by atoms with E-state index in [0.29, 0.717) is 17.5 Å². The molecule has 0 fully saturated rings. The van der Waals surface area contributed by atoms with Gasteiger partial charge in [-0.2, -0.15) is 0 Å². The maximum atomic E-state index is 5.28. The fourth-order valence-corrected chi connectivity index (χ4v) is 12.6. The van der Waals surface area contributed by atoms with Crippen LogP contribution in [0.15, 0.2) is 249 Å². The van der Waals surface area contributed by atoms with E-state index in [2.05, 4.69) is 263 Å². The van der Waals surface area contributed by atoms with Gasteiger partial charge in [0.05, 0.1) is 44.1 Å². The van der Waals surface area contributed by atoms with Crippen molar-refractivity contribution in [1.82, 2.24) is 33.2 Å². The molecular formula is C71H47N7. The van der Waals surface area contributed by atoms with E-state index in [1.807, 2.05) is 18.2 Å². The van der Waals surface area contributed by atoms with Crippen molar-refractivity contribution in [2.45, 2.75) is 13.8 Å². The molecule has 0 spiro atoms. The highest BCUT2D eigenvalue weighted by atomic mass is 15.0. The summed E-state index contributed by atoms with van der Waals surface area (Å²) in [5.41, 5.74) is 18.9. The summed E-state index contributed by atoms with van der Waals surface area (Å²) in [4.78, 5) is 15.6. The molecular weight excluding hydrogens is 951 g/mol. The van der Waals surface area contributed by atoms with Crippen molar-refractivity contribution >= 4 is 87.2 Å². The molecule has 0 bridgehead atoms. The van der Waals surface area contributed by atoms with Crippen LogP contribution in [-0.4, -0.2) is 33.2 Å². The predicted molar refractivity (Wildman–Crippen MR) is 323 cm³/mol. The third-order valence-corrected chi connectivity index (χ3v) is 16.0. The molecule has 16 rings (SSSR count). The first-order valence-corrected chi connectivity index (χ1v) is 26.6. The molecule has 5 aromatic heterocycles. The summed E-state index contributed by atoms with van der Waals surface area (Å²) < 4.78 is 9.60. The monoisotopic (exact) mass is 997 g/mol. The average Bonchev–Trinajstić information content (AvgIpc) is 4.30. The van der Waals surface area contributed by atoms with Crippen molar-refractivity contribution in [3.05, 3.63) is 260 Å². The molecule has 0 saturated heterocycles. The topological polar surface area (TPSA) is 58.4 Å². The molecule has 5 heterocycles. The Hall–Kier alpha value is -10.4. The SMILES string of the molecule is Cc1cc(-c2nc(-c3ccccc3)nc(-c3ccc(-n4c5ccccc5c5cc(-n6c7ccccc7c7ccccc76)ccc54)c(C)c3)n2)ccc1-n1c2ccccc2c2cc(-n3c4ccccc4c4ccccc43)ccc21. The molecule has 0 amide bonds. The lowest BCUT2D eigenvalue weighted by atomic mass is 10.1. The highest BCUT2D eigenvalue weighted by molar-refractivity contribution is 6.14. The Morgan fingerprint density at radius 2 is 0.526 bits per heavy atom. The Balaban J connectivity index is 0.793. The zero-order valence-electron chi connectivity index (χ0n) is 42.8. The fraction of sp³-hybridized carbons (Fsp3) is 0.0282. The van der Waals surface area contributed by atoms with Crippen molar-refractivity contribution in [3.63, 3.8) is 0 Å². The van der Waals surface area contributed by atoms with Crippen LogP contribution in [0.2, 0.25) is 0 Å². The molecule has 16 aromatic rings. The summed E-state index contributed by atoms with van der Waals surface area (Å²) in [5.74, 6) is 1.87. The Kier molecular flexibility index (Phi) is 9.63. The molecule has 78 heavy (non-hydrogen) atoms. The first-order chi connectivity index (χ1) is 38.5. The van der Waals surface area contributed by atoms with Crippen LogP contribution in [0.4, 0.5) is 0 Å². The second-order valence-electron chi connectivity index (χ2n) is 20.5. The van der Waals surface area contributed by atoms with Crippen LogP contribution in [-0.2, 0) is 0 Å². The number of hydrogen-bond donors (Lipinski definition) is 0. The molecule has 0 unspecified atom stereocenters. The zero-order chi connectivity index (χ0) is 51.6. The summed E-state index contributed by atoms with van der Waals surface area (Å²) in [6, 6.07) is 89.5. The van der Waals surface area contributed by atoms with Gasteiger partial charge in [0.1, 0.15) is 0 Å². The quantitative estimate of drug-likeness (QED) is 0.160. The number of rotatable bonds is 7. The molecule has 0 saturated carbocycles. The maximum Gasteiger partial charge on any atom is 0.164 e. The van der Waals surface area contributed by atoms with Gasteiger partial charge < -0.3 is 18.3 Å². The Morgan fingerprint density at radius 3 is 0.885 bits per heavy atom. The molecule has 11 aromatic carbocycles. The van der Waals surface area contributed by atoms with E-state index in [1.165, 1.54) is 65.2 Å². The number of aryl methyl sites for hydroxylation is 2. The van der Waals surface area contributed by atoms with Gasteiger partial charge in [0.2, 0.25) is 0 Å². The van der Waals surface area contributed by atoms with Crippen molar-refractivity contribution < 1.29 is 0 Å². The van der Waals surface area contributed by atoms with Crippen LogP contribution in [0.1, 0.15) is 11.1 Å². The van der Waals surface area contributed by atoms with Crippen LogP contribution in [0, 0.1) is 13.8 Å². The number of aromatic nitrogens is 7. The van der Waals surface area contributed by atoms with Crippen molar-refractivity contribution in [1.29, 1.82) is 0 Å². The van der Waals surface area contributed by atoms with Crippen LogP contribution in [0.25, 0.3) is 144 Å². The van der Waals surface area contributed by atoms with Crippen molar-refractivity contribution in [2.24, 2.45) is 0 Å². The minimum Gasteiger partial charge on any atom is -0.309 e. The largest absolute Gasteiger partial charge is 0.309 e. The molecule has 0 atom stereocenters. The van der Waals surface area contributed by atoms with Gasteiger partial charge in [-0.15, -0.1) is 0 Å². The molecule has 7 heteroatoms. The molecule has 7 nitrogen and oxygen atoms in total. The molecule has 0 aliphatic rings. The van der Waals surface area contributed by atoms with Gasteiger partial charge in [0, 0.05) is 82.5 Å². The van der Waals surface area contributed by atoms with Crippen molar-refractivity contribution in [3.8, 4) is 56.9 Å². The van der Waals surface area contributed by atoms with Crippen LogP contribution < -0.4 is 0 Å². The van der Waals surface area contributed by atoms with Gasteiger partial charge in [0.25, 0.3) is 0 Å². The number of benzene rings is 11. The average molecular weight is 998 g/mol. The standard InChI is InChI=1S/C71H47N7/c1-44-40-47(32-36-59(44)77-65-30-16-10-24-55(65)57-42-49(34-38-67(57)77)75-61-26-12-6-20-51(61)52-21-7-13-27-62(52)75)70-72-69(46-18-4-3-5-19-46)73-71(74-70)48-33-37-60(45(2)41-48)78-66-31-17-11-25-56(66)58-43-50(35-39-68(58)78)76-63-28-14-8-22-53(63)54-23-9-15-29-64(54)76/h3-43H,1-2H3. The molecule has 0 aliphatic heterocycles. The molecule has 0 radical (unpaired) electrons. The van der Waals surface area contributed by atoms with E-state index in [-0.39, 0.29) is 0 Å². The Labute approximate surface area is 448 Å².